The van der Waals surface area contributed by atoms with Crippen molar-refractivity contribution < 1.29 is 22.4 Å². The largest absolute Gasteiger partial charge is 0.416 e. The highest BCUT2D eigenvalue weighted by Gasteiger charge is 2.41. The van der Waals surface area contributed by atoms with Crippen LogP contribution < -0.4 is 5.43 Å². The summed E-state index contributed by atoms with van der Waals surface area (Å²) in [6.07, 6.45) is -2.56. The lowest BCUT2D eigenvalue weighted by Gasteiger charge is -2.30. The molecular formula is C19H16F4N4O. The topological polar surface area (TPSA) is 47.9 Å². The molecule has 2 aliphatic rings. The van der Waals surface area contributed by atoms with Crippen molar-refractivity contribution in [3.05, 3.63) is 71.0 Å². The Labute approximate surface area is 158 Å². The molecule has 2 unspecified atom stereocenters. The van der Waals surface area contributed by atoms with Crippen LogP contribution in [0, 0.1) is 5.82 Å². The zero-order chi connectivity index (χ0) is 19.9. The van der Waals surface area contributed by atoms with E-state index in [9.17, 15) is 22.4 Å². The fourth-order valence-electron chi connectivity index (χ4n) is 3.38. The standard InChI is InChI=1S/C19H16F4N4O/c20-15-6-4-13(5-7-15)16-9-17-18(28)26(24-11-27(17)25-16)10-12-2-1-3-14(8-12)19(21,22)23/h1-8,11,16-17,25H,9-10H2. The second-order valence-electron chi connectivity index (χ2n) is 6.72. The number of hydrogen-bond acceptors (Lipinski definition) is 4. The second-order valence-corrected chi connectivity index (χ2v) is 6.72. The zero-order valence-electron chi connectivity index (χ0n) is 14.5. The molecule has 2 atom stereocenters. The van der Waals surface area contributed by atoms with Crippen LogP contribution in [0.1, 0.15) is 29.2 Å². The van der Waals surface area contributed by atoms with Gasteiger partial charge in [-0.3, -0.25) is 9.80 Å². The number of benzene rings is 2. The number of hydrazone groups is 1. The quantitative estimate of drug-likeness (QED) is 0.814. The number of fused-ring (bicyclic) bond motifs is 1. The van der Waals surface area contributed by atoms with E-state index in [2.05, 4.69) is 10.5 Å². The highest BCUT2D eigenvalue weighted by molar-refractivity contribution is 5.87. The number of hydrogen-bond donors (Lipinski definition) is 1. The van der Waals surface area contributed by atoms with E-state index in [-0.39, 0.29) is 24.3 Å². The van der Waals surface area contributed by atoms with E-state index in [1.807, 2.05) is 0 Å². The van der Waals surface area contributed by atoms with Crippen LogP contribution in [0.15, 0.2) is 53.6 Å². The molecule has 9 heteroatoms. The van der Waals surface area contributed by atoms with E-state index in [1.165, 1.54) is 35.6 Å². The maximum Gasteiger partial charge on any atom is 0.416 e. The molecule has 0 aliphatic carbocycles. The number of amides is 1. The van der Waals surface area contributed by atoms with Gasteiger partial charge in [-0.25, -0.2) is 14.8 Å². The van der Waals surface area contributed by atoms with Crippen LogP contribution in [0.5, 0.6) is 0 Å². The Bertz CT molecular complexity index is 913. The Morgan fingerprint density at radius 1 is 1.14 bits per heavy atom. The number of alkyl halides is 3. The Morgan fingerprint density at radius 3 is 2.61 bits per heavy atom. The summed E-state index contributed by atoms with van der Waals surface area (Å²) in [6.45, 7) is -0.0508. The lowest BCUT2D eigenvalue weighted by atomic mass is 10.0. The minimum atomic E-state index is -4.44. The number of nitrogens with one attached hydrogen (secondary N) is 1. The van der Waals surface area contributed by atoms with Crippen molar-refractivity contribution in [2.45, 2.75) is 31.2 Å². The van der Waals surface area contributed by atoms with Gasteiger partial charge in [0.1, 0.15) is 18.2 Å². The molecule has 2 aromatic carbocycles. The summed E-state index contributed by atoms with van der Waals surface area (Å²) in [5.74, 6) is -0.651. The molecule has 5 nitrogen and oxygen atoms in total. The van der Waals surface area contributed by atoms with Crippen molar-refractivity contribution in [2.75, 3.05) is 0 Å². The molecule has 0 bridgehead atoms. The number of rotatable bonds is 3. The lowest BCUT2D eigenvalue weighted by Crippen LogP contribution is -2.50. The first-order valence-electron chi connectivity index (χ1n) is 8.63. The van der Waals surface area contributed by atoms with Crippen molar-refractivity contribution in [1.82, 2.24) is 15.4 Å². The Balaban J connectivity index is 1.48. The monoisotopic (exact) mass is 392 g/mol. The van der Waals surface area contributed by atoms with Crippen LogP contribution in [0.4, 0.5) is 17.6 Å². The van der Waals surface area contributed by atoms with E-state index in [4.69, 9.17) is 0 Å². The number of nitrogens with zero attached hydrogens (tertiary/aromatic N) is 3. The van der Waals surface area contributed by atoms with E-state index in [0.29, 0.717) is 12.0 Å². The average Bonchev–Trinajstić information content (AvgIpc) is 3.09. The number of halogens is 4. The lowest BCUT2D eigenvalue weighted by molar-refractivity contribution is -0.137. The molecule has 2 aromatic rings. The maximum atomic E-state index is 13.1. The number of hydrazine groups is 1. The summed E-state index contributed by atoms with van der Waals surface area (Å²) in [5.41, 5.74) is 3.55. The summed E-state index contributed by atoms with van der Waals surface area (Å²) in [6, 6.07) is 10.1. The SMILES string of the molecule is O=C1C2CC(c3ccc(F)cc3)NN2C=NN1Cc1cccc(C(F)(F)F)c1. The van der Waals surface area contributed by atoms with Crippen LogP contribution in [-0.2, 0) is 17.5 Å². The smallest absolute Gasteiger partial charge is 0.283 e. The predicted molar refractivity (Wildman–Crippen MR) is 93.0 cm³/mol. The van der Waals surface area contributed by atoms with Crippen molar-refractivity contribution in [2.24, 2.45) is 5.10 Å². The third-order valence-corrected chi connectivity index (χ3v) is 4.81. The van der Waals surface area contributed by atoms with Crippen LogP contribution in [0.2, 0.25) is 0 Å². The van der Waals surface area contributed by atoms with Crippen molar-refractivity contribution in [3.63, 3.8) is 0 Å². The van der Waals surface area contributed by atoms with Gasteiger partial charge in [0.25, 0.3) is 5.91 Å². The summed E-state index contributed by atoms with van der Waals surface area (Å²) < 4.78 is 51.7. The molecule has 1 amide bonds. The fraction of sp³-hybridized carbons (Fsp3) is 0.263. The molecule has 2 aliphatic heterocycles. The predicted octanol–water partition coefficient (Wildman–Crippen LogP) is 3.45. The molecule has 4 rings (SSSR count). The van der Waals surface area contributed by atoms with Crippen molar-refractivity contribution >= 4 is 12.2 Å². The van der Waals surface area contributed by atoms with Gasteiger partial charge in [0.2, 0.25) is 0 Å². The van der Waals surface area contributed by atoms with Gasteiger partial charge in [0.15, 0.2) is 0 Å². The molecule has 0 saturated carbocycles. The first-order valence-corrected chi connectivity index (χ1v) is 8.63. The molecule has 1 N–H and O–H groups in total. The summed E-state index contributed by atoms with van der Waals surface area (Å²) >= 11 is 0. The molecule has 0 spiro atoms. The normalized spacial score (nSPS) is 21.9. The van der Waals surface area contributed by atoms with Gasteiger partial charge in [-0.1, -0.05) is 24.3 Å². The zero-order valence-corrected chi connectivity index (χ0v) is 14.5. The van der Waals surface area contributed by atoms with Gasteiger partial charge in [-0.15, -0.1) is 0 Å². The van der Waals surface area contributed by atoms with E-state index < -0.39 is 17.8 Å². The Kier molecular flexibility index (Phi) is 4.54. The van der Waals surface area contributed by atoms with E-state index in [0.717, 1.165) is 17.7 Å². The van der Waals surface area contributed by atoms with Crippen LogP contribution in [0.3, 0.4) is 0 Å². The van der Waals surface area contributed by atoms with Gasteiger partial charge in [-0.2, -0.15) is 18.3 Å². The molecular weight excluding hydrogens is 376 g/mol. The maximum absolute atomic E-state index is 13.1. The molecule has 1 saturated heterocycles. The first kappa shape index (κ1) is 18.4. The van der Waals surface area contributed by atoms with Crippen LogP contribution >= 0.6 is 0 Å². The van der Waals surface area contributed by atoms with Gasteiger partial charge >= 0.3 is 6.18 Å². The van der Waals surface area contributed by atoms with Gasteiger partial charge in [0, 0.05) is 0 Å². The Hall–Kier alpha value is -2.94. The summed E-state index contributed by atoms with van der Waals surface area (Å²) in [7, 11) is 0. The molecule has 0 radical (unpaired) electrons. The highest BCUT2D eigenvalue weighted by atomic mass is 19.4. The molecule has 28 heavy (non-hydrogen) atoms. The first-order chi connectivity index (χ1) is 13.3. The van der Waals surface area contributed by atoms with E-state index in [1.54, 1.807) is 17.1 Å². The van der Waals surface area contributed by atoms with Crippen LogP contribution in [0.25, 0.3) is 0 Å². The average molecular weight is 392 g/mol. The third-order valence-electron chi connectivity index (χ3n) is 4.81. The molecule has 2 heterocycles. The van der Waals surface area contributed by atoms with Gasteiger partial charge < -0.3 is 0 Å². The van der Waals surface area contributed by atoms with Gasteiger partial charge in [-0.05, 0) is 41.8 Å². The van der Waals surface area contributed by atoms with Crippen molar-refractivity contribution in [1.29, 1.82) is 0 Å². The Morgan fingerprint density at radius 2 is 1.89 bits per heavy atom. The van der Waals surface area contributed by atoms with E-state index >= 15 is 0 Å². The minimum Gasteiger partial charge on any atom is -0.283 e. The summed E-state index contributed by atoms with van der Waals surface area (Å²) in [4.78, 5) is 12.8. The minimum absolute atomic E-state index is 0.0508. The fourth-order valence-corrected chi connectivity index (χ4v) is 3.38. The molecule has 146 valence electrons. The number of carbonyl (C=O) groups excluding carboxylic acids is 1. The van der Waals surface area contributed by atoms with Crippen LogP contribution in [-0.4, -0.2) is 28.3 Å². The summed E-state index contributed by atoms with van der Waals surface area (Å²) in [5, 5.41) is 6.82. The van der Waals surface area contributed by atoms with Crippen molar-refractivity contribution in [3.8, 4) is 0 Å². The third kappa shape index (κ3) is 3.57. The molecule has 1 fully saturated rings. The number of carbonyl (C=O) groups is 1. The molecule has 0 aromatic heterocycles. The highest BCUT2D eigenvalue weighted by Crippen LogP contribution is 2.32. The van der Waals surface area contributed by atoms with Gasteiger partial charge in [0.05, 0.1) is 18.2 Å². The second kappa shape index (κ2) is 6.90.